The lowest BCUT2D eigenvalue weighted by atomic mass is 10.3. The SMILES string of the molecule is CC(CCO)NS(=O)(=O)CC(=O)O. The Morgan fingerprint density at radius 3 is 2.46 bits per heavy atom. The summed E-state index contributed by atoms with van der Waals surface area (Å²) in [5.41, 5.74) is 0. The standard InChI is InChI=1S/C6H13NO5S/c1-5(2-3-8)7-13(11,12)4-6(9)10/h5,7-8H,2-4H2,1H3,(H,9,10). The maximum absolute atomic E-state index is 11.0. The fraction of sp³-hybridized carbons (Fsp3) is 0.833. The Balaban J connectivity index is 4.10. The number of hydrogen-bond donors (Lipinski definition) is 3. The third-order valence-electron chi connectivity index (χ3n) is 1.26. The van der Waals surface area contributed by atoms with E-state index in [-0.39, 0.29) is 13.0 Å². The number of aliphatic hydroxyl groups is 1. The first-order valence-corrected chi connectivity index (χ1v) is 5.35. The van der Waals surface area contributed by atoms with E-state index >= 15 is 0 Å². The van der Waals surface area contributed by atoms with Crippen LogP contribution in [0.4, 0.5) is 0 Å². The fourth-order valence-corrected chi connectivity index (χ4v) is 1.90. The molecule has 0 aliphatic heterocycles. The van der Waals surface area contributed by atoms with Crippen molar-refractivity contribution in [3.63, 3.8) is 0 Å². The molecule has 13 heavy (non-hydrogen) atoms. The van der Waals surface area contributed by atoms with E-state index in [4.69, 9.17) is 10.2 Å². The van der Waals surface area contributed by atoms with E-state index in [2.05, 4.69) is 4.72 Å². The normalized spacial score (nSPS) is 14.0. The van der Waals surface area contributed by atoms with Crippen molar-refractivity contribution in [2.75, 3.05) is 12.4 Å². The number of aliphatic carboxylic acids is 1. The molecule has 0 fully saturated rings. The first-order chi connectivity index (χ1) is 5.87. The van der Waals surface area contributed by atoms with Gasteiger partial charge in [0.05, 0.1) is 0 Å². The number of rotatable bonds is 6. The van der Waals surface area contributed by atoms with E-state index in [0.29, 0.717) is 0 Å². The Labute approximate surface area is 76.6 Å². The number of nitrogens with one attached hydrogen (secondary N) is 1. The number of sulfonamides is 1. The maximum Gasteiger partial charge on any atom is 0.320 e. The minimum absolute atomic E-state index is 0.142. The van der Waals surface area contributed by atoms with Gasteiger partial charge in [-0.1, -0.05) is 0 Å². The van der Waals surface area contributed by atoms with Crippen LogP contribution in [0.2, 0.25) is 0 Å². The zero-order valence-corrected chi connectivity index (χ0v) is 8.04. The van der Waals surface area contributed by atoms with Crippen LogP contribution in [0.5, 0.6) is 0 Å². The summed E-state index contributed by atoms with van der Waals surface area (Å²) in [6.45, 7) is 1.41. The van der Waals surface area contributed by atoms with Crippen molar-refractivity contribution in [2.45, 2.75) is 19.4 Å². The molecule has 3 N–H and O–H groups in total. The van der Waals surface area contributed by atoms with Crippen molar-refractivity contribution < 1.29 is 23.4 Å². The quantitative estimate of drug-likeness (QED) is 0.510. The summed E-state index contributed by atoms with van der Waals surface area (Å²) >= 11 is 0. The first kappa shape index (κ1) is 12.3. The Morgan fingerprint density at radius 2 is 2.08 bits per heavy atom. The Kier molecular flexibility index (Phi) is 4.89. The lowest BCUT2D eigenvalue weighted by Crippen LogP contribution is -2.36. The van der Waals surface area contributed by atoms with Gasteiger partial charge in [0.25, 0.3) is 0 Å². The minimum atomic E-state index is -3.76. The second-order valence-corrected chi connectivity index (χ2v) is 4.44. The molecule has 7 heteroatoms. The molecule has 0 aromatic rings. The average Bonchev–Trinajstić information content (AvgIpc) is 1.81. The van der Waals surface area contributed by atoms with Gasteiger partial charge in [-0.25, -0.2) is 13.1 Å². The van der Waals surface area contributed by atoms with Gasteiger partial charge in [0, 0.05) is 12.6 Å². The summed E-state index contributed by atoms with van der Waals surface area (Å²) in [6, 6.07) is -0.450. The van der Waals surface area contributed by atoms with Crippen LogP contribution < -0.4 is 4.72 Å². The van der Waals surface area contributed by atoms with E-state index in [1.165, 1.54) is 0 Å². The topological polar surface area (TPSA) is 104 Å². The average molecular weight is 211 g/mol. The van der Waals surface area contributed by atoms with Gasteiger partial charge < -0.3 is 10.2 Å². The van der Waals surface area contributed by atoms with E-state index in [1.54, 1.807) is 6.92 Å². The van der Waals surface area contributed by atoms with Crippen molar-refractivity contribution in [2.24, 2.45) is 0 Å². The van der Waals surface area contributed by atoms with E-state index in [9.17, 15) is 13.2 Å². The summed E-state index contributed by atoms with van der Waals surface area (Å²) in [5, 5.41) is 16.7. The van der Waals surface area contributed by atoms with Crippen molar-refractivity contribution in [3.05, 3.63) is 0 Å². The molecule has 0 aromatic heterocycles. The molecular formula is C6H13NO5S. The van der Waals surface area contributed by atoms with Crippen LogP contribution in [-0.2, 0) is 14.8 Å². The molecule has 0 bridgehead atoms. The van der Waals surface area contributed by atoms with Gasteiger partial charge >= 0.3 is 5.97 Å². The summed E-state index contributed by atoms with van der Waals surface area (Å²) in [5.74, 6) is -2.34. The second kappa shape index (κ2) is 5.15. The molecule has 0 aliphatic carbocycles. The first-order valence-electron chi connectivity index (χ1n) is 3.70. The zero-order valence-electron chi connectivity index (χ0n) is 7.23. The molecule has 0 amide bonds. The van der Waals surface area contributed by atoms with Crippen LogP contribution in [-0.4, -0.2) is 43.0 Å². The summed E-state index contributed by atoms with van der Waals surface area (Å²) in [6.07, 6.45) is 0.263. The van der Waals surface area contributed by atoms with Crippen molar-refractivity contribution in [1.29, 1.82) is 0 Å². The van der Waals surface area contributed by atoms with Gasteiger partial charge in [0.1, 0.15) is 0 Å². The predicted octanol–water partition coefficient (Wildman–Crippen LogP) is -1.24. The summed E-state index contributed by atoms with van der Waals surface area (Å²) in [7, 11) is -3.76. The lowest BCUT2D eigenvalue weighted by molar-refractivity contribution is -0.134. The van der Waals surface area contributed by atoms with Gasteiger partial charge in [-0.15, -0.1) is 0 Å². The molecule has 6 nitrogen and oxygen atoms in total. The second-order valence-electron chi connectivity index (χ2n) is 2.68. The molecule has 0 spiro atoms. The zero-order chi connectivity index (χ0) is 10.5. The highest BCUT2D eigenvalue weighted by molar-refractivity contribution is 7.90. The highest BCUT2D eigenvalue weighted by atomic mass is 32.2. The monoisotopic (exact) mass is 211 g/mol. The van der Waals surface area contributed by atoms with Crippen LogP contribution in [0, 0.1) is 0 Å². The third kappa shape index (κ3) is 6.50. The van der Waals surface area contributed by atoms with Crippen LogP contribution in [0.3, 0.4) is 0 Å². The predicted molar refractivity (Wildman–Crippen MR) is 45.7 cm³/mol. The largest absolute Gasteiger partial charge is 0.480 e. The van der Waals surface area contributed by atoms with Crippen LogP contribution in [0.25, 0.3) is 0 Å². The number of carbonyl (C=O) groups is 1. The summed E-state index contributed by atoms with van der Waals surface area (Å²) in [4.78, 5) is 10.1. The van der Waals surface area contributed by atoms with Crippen molar-refractivity contribution in [1.82, 2.24) is 4.72 Å². The molecule has 1 unspecified atom stereocenters. The highest BCUT2D eigenvalue weighted by Crippen LogP contribution is 1.93. The number of carboxylic acid groups (broad SMARTS) is 1. The molecule has 1 atom stereocenters. The third-order valence-corrected chi connectivity index (χ3v) is 2.64. The van der Waals surface area contributed by atoms with Crippen LogP contribution >= 0.6 is 0 Å². The molecule has 78 valence electrons. The molecule has 0 rings (SSSR count). The van der Waals surface area contributed by atoms with E-state index in [0.717, 1.165) is 0 Å². The van der Waals surface area contributed by atoms with Gasteiger partial charge in [0.2, 0.25) is 10.0 Å². The smallest absolute Gasteiger partial charge is 0.320 e. The van der Waals surface area contributed by atoms with Gasteiger partial charge in [0.15, 0.2) is 5.75 Å². The minimum Gasteiger partial charge on any atom is -0.480 e. The molecule has 0 aromatic carbocycles. The van der Waals surface area contributed by atoms with Crippen LogP contribution in [0.15, 0.2) is 0 Å². The summed E-state index contributed by atoms with van der Waals surface area (Å²) < 4.78 is 24.0. The number of hydrogen-bond acceptors (Lipinski definition) is 4. The Bertz CT molecular complexity index is 260. The van der Waals surface area contributed by atoms with E-state index < -0.39 is 27.8 Å². The van der Waals surface area contributed by atoms with Crippen molar-refractivity contribution >= 4 is 16.0 Å². The highest BCUT2D eigenvalue weighted by Gasteiger charge is 2.17. The molecule has 0 saturated heterocycles. The maximum atomic E-state index is 11.0. The number of carboxylic acids is 1. The molecule has 0 radical (unpaired) electrons. The molecule has 0 saturated carbocycles. The van der Waals surface area contributed by atoms with Crippen LogP contribution in [0.1, 0.15) is 13.3 Å². The lowest BCUT2D eigenvalue weighted by Gasteiger charge is -2.10. The molecular weight excluding hydrogens is 198 g/mol. The van der Waals surface area contributed by atoms with Gasteiger partial charge in [-0.2, -0.15) is 0 Å². The molecule has 0 heterocycles. The van der Waals surface area contributed by atoms with E-state index in [1.807, 2.05) is 0 Å². The van der Waals surface area contributed by atoms with Crippen molar-refractivity contribution in [3.8, 4) is 0 Å². The number of aliphatic hydroxyl groups excluding tert-OH is 1. The van der Waals surface area contributed by atoms with Gasteiger partial charge in [-0.3, -0.25) is 4.79 Å². The Hall–Kier alpha value is -0.660. The fourth-order valence-electron chi connectivity index (χ4n) is 0.763. The Morgan fingerprint density at radius 1 is 1.54 bits per heavy atom. The van der Waals surface area contributed by atoms with Gasteiger partial charge in [-0.05, 0) is 13.3 Å². The molecule has 0 aliphatic rings.